The summed E-state index contributed by atoms with van der Waals surface area (Å²) in [5, 5.41) is 8.90. The van der Waals surface area contributed by atoms with Gasteiger partial charge in [0.05, 0.1) is 21.2 Å². The van der Waals surface area contributed by atoms with Crippen LogP contribution in [-0.4, -0.2) is 29.1 Å². The zero-order chi connectivity index (χ0) is 22.1. The third kappa shape index (κ3) is 4.97. The molecule has 0 aliphatic carbocycles. The highest BCUT2D eigenvalue weighted by Gasteiger charge is 2.21. The van der Waals surface area contributed by atoms with Crippen LogP contribution in [0, 0.1) is 6.92 Å². The minimum atomic E-state index is -3.82. The number of nitrogens with two attached hydrogens (primary N) is 1. The van der Waals surface area contributed by atoms with Gasteiger partial charge in [0.1, 0.15) is 0 Å². The Morgan fingerprint density at radius 1 is 1.30 bits per heavy atom. The Balaban J connectivity index is 1.88. The van der Waals surface area contributed by atoms with Crippen molar-refractivity contribution in [1.82, 2.24) is 9.55 Å². The number of primary sulfonamides is 1. The Kier molecular flexibility index (Phi) is 6.76. The lowest BCUT2D eigenvalue weighted by Crippen LogP contribution is -2.23. The van der Waals surface area contributed by atoms with E-state index >= 15 is 0 Å². The Morgan fingerprint density at radius 3 is 2.70 bits per heavy atom. The monoisotopic (exact) mass is 466 g/mol. The number of anilines is 1. The first-order valence-corrected chi connectivity index (χ1v) is 12.2. The predicted molar refractivity (Wildman–Crippen MR) is 122 cm³/mol. The van der Waals surface area contributed by atoms with Gasteiger partial charge >= 0.3 is 0 Å². The van der Waals surface area contributed by atoms with Crippen LogP contribution >= 0.6 is 23.4 Å². The molecule has 3 aromatic rings. The maximum atomic E-state index is 12.7. The fourth-order valence-corrected chi connectivity index (χ4v) is 4.62. The lowest BCUT2D eigenvalue weighted by Gasteiger charge is -2.14. The highest BCUT2D eigenvalue weighted by atomic mass is 35.5. The first-order valence-electron chi connectivity index (χ1n) is 9.37. The summed E-state index contributed by atoms with van der Waals surface area (Å²) in [4.78, 5) is 17.3. The molecule has 1 heterocycles. The summed E-state index contributed by atoms with van der Waals surface area (Å²) in [6.07, 6.45) is 0.859. The van der Waals surface area contributed by atoms with E-state index in [-0.39, 0.29) is 10.8 Å². The summed E-state index contributed by atoms with van der Waals surface area (Å²) < 4.78 is 25.3. The second kappa shape index (κ2) is 8.97. The number of hydrogen-bond donors (Lipinski definition) is 2. The summed E-state index contributed by atoms with van der Waals surface area (Å²) >= 11 is 7.35. The summed E-state index contributed by atoms with van der Waals surface area (Å²) in [6, 6.07) is 9.96. The molecule has 30 heavy (non-hydrogen) atoms. The topological polar surface area (TPSA) is 107 Å². The zero-order valence-electron chi connectivity index (χ0n) is 16.8. The van der Waals surface area contributed by atoms with Crippen LogP contribution in [0.1, 0.15) is 25.8 Å². The number of fused-ring (bicyclic) bond motifs is 1. The Morgan fingerprint density at radius 2 is 2.03 bits per heavy atom. The van der Waals surface area contributed by atoms with E-state index in [1.54, 1.807) is 25.1 Å². The van der Waals surface area contributed by atoms with Crippen LogP contribution < -0.4 is 10.5 Å². The van der Waals surface area contributed by atoms with Crippen LogP contribution in [0.3, 0.4) is 0 Å². The highest BCUT2D eigenvalue weighted by Crippen LogP contribution is 2.30. The molecule has 0 radical (unpaired) electrons. The standard InChI is InChI=1S/C20H23ClN4O3S2/c1-4-9-25-18-8-7-15(30(22,27)28)11-17(18)24-20(25)29-13(3)19(26)23-16-10-14(21)6-5-12(16)2/h5-8,10-11,13H,4,9H2,1-3H3,(H,23,26)(H2,22,27,28). The molecule has 1 atom stereocenters. The van der Waals surface area contributed by atoms with E-state index in [9.17, 15) is 13.2 Å². The van der Waals surface area contributed by atoms with E-state index < -0.39 is 15.3 Å². The average molecular weight is 467 g/mol. The van der Waals surface area contributed by atoms with Crippen molar-refractivity contribution >= 4 is 56.0 Å². The fourth-order valence-electron chi connectivity index (χ4n) is 2.97. The Labute approximate surface area is 185 Å². The molecule has 160 valence electrons. The third-order valence-corrected chi connectivity index (χ3v) is 6.81. The van der Waals surface area contributed by atoms with E-state index in [1.807, 2.05) is 24.5 Å². The number of carbonyl (C=O) groups is 1. The van der Waals surface area contributed by atoms with Gasteiger partial charge in [0, 0.05) is 17.3 Å². The molecule has 3 rings (SSSR count). The molecule has 3 N–H and O–H groups in total. The van der Waals surface area contributed by atoms with E-state index in [4.69, 9.17) is 16.7 Å². The molecule has 7 nitrogen and oxygen atoms in total. The van der Waals surface area contributed by atoms with Gasteiger partial charge in [-0.05, 0) is 56.2 Å². The summed E-state index contributed by atoms with van der Waals surface area (Å²) in [7, 11) is -3.82. The number of hydrogen-bond acceptors (Lipinski definition) is 5. The van der Waals surface area contributed by atoms with Crippen molar-refractivity contribution in [2.24, 2.45) is 5.14 Å². The minimum absolute atomic E-state index is 0.00919. The molecule has 0 aliphatic rings. The van der Waals surface area contributed by atoms with Crippen LogP contribution in [0.15, 0.2) is 46.5 Å². The first kappa shape index (κ1) is 22.6. The SMILES string of the molecule is CCCn1c(SC(C)C(=O)Nc2cc(Cl)ccc2C)nc2cc(S(N)(=O)=O)ccc21. The number of halogens is 1. The smallest absolute Gasteiger partial charge is 0.238 e. The predicted octanol–water partition coefficient (Wildman–Crippen LogP) is 4.17. The van der Waals surface area contributed by atoms with Crippen LogP contribution in [0.4, 0.5) is 5.69 Å². The van der Waals surface area contributed by atoms with Gasteiger partial charge in [-0.1, -0.05) is 36.4 Å². The highest BCUT2D eigenvalue weighted by molar-refractivity contribution is 8.00. The van der Waals surface area contributed by atoms with E-state index in [0.29, 0.717) is 27.9 Å². The van der Waals surface area contributed by atoms with Crippen molar-refractivity contribution in [3.05, 3.63) is 47.0 Å². The van der Waals surface area contributed by atoms with Gasteiger partial charge in [0.15, 0.2) is 5.16 Å². The van der Waals surface area contributed by atoms with Gasteiger partial charge in [-0.3, -0.25) is 4.79 Å². The molecule has 0 bridgehead atoms. The molecule has 0 saturated heterocycles. The number of amides is 1. The van der Waals surface area contributed by atoms with Crippen molar-refractivity contribution in [3.63, 3.8) is 0 Å². The zero-order valence-corrected chi connectivity index (χ0v) is 19.2. The number of rotatable bonds is 7. The van der Waals surface area contributed by atoms with Gasteiger partial charge in [-0.15, -0.1) is 0 Å². The maximum absolute atomic E-state index is 12.7. The number of benzene rings is 2. The molecule has 0 spiro atoms. The van der Waals surface area contributed by atoms with E-state index in [1.165, 1.54) is 23.9 Å². The normalized spacial score (nSPS) is 12.8. The molecule has 1 unspecified atom stereocenters. The van der Waals surface area contributed by atoms with Gasteiger partial charge in [0.2, 0.25) is 15.9 Å². The Bertz CT molecular complexity index is 1210. The van der Waals surface area contributed by atoms with E-state index in [0.717, 1.165) is 17.5 Å². The summed E-state index contributed by atoms with van der Waals surface area (Å²) in [5.74, 6) is -0.175. The van der Waals surface area contributed by atoms with Crippen molar-refractivity contribution in [2.45, 2.75) is 49.0 Å². The van der Waals surface area contributed by atoms with Gasteiger partial charge in [-0.25, -0.2) is 18.5 Å². The fraction of sp³-hybridized carbons (Fsp3) is 0.300. The largest absolute Gasteiger partial charge is 0.325 e. The molecule has 0 saturated carbocycles. The molecule has 1 amide bonds. The van der Waals surface area contributed by atoms with Crippen molar-refractivity contribution in [2.75, 3.05) is 5.32 Å². The quantitative estimate of drug-likeness (QED) is 0.508. The maximum Gasteiger partial charge on any atom is 0.238 e. The first-order chi connectivity index (χ1) is 14.1. The number of aryl methyl sites for hydroxylation is 2. The molecule has 10 heteroatoms. The second-order valence-corrected chi connectivity index (χ2v) is 10.3. The van der Waals surface area contributed by atoms with Crippen LogP contribution in [0.2, 0.25) is 5.02 Å². The number of imidazole rings is 1. The molecule has 0 fully saturated rings. The third-order valence-electron chi connectivity index (χ3n) is 4.57. The van der Waals surface area contributed by atoms with E-state index in [2.05, 4.69) is 10.3 Å². The van der Waals surface area contributed by atoms with Crippen molar-refractivity contribution in [3.8, 4) is 0 Å². The van der Waals surface area contributed by atoms with Crippen LogP contribution in [0.5, 0.6) is 0 Å². The lowest BCUT2D eigenvalue weighted by molar-refractivity contribution is -0.115. The summed E-state index contributed by atoms with van der Waals surface area (Å²) in [5.41, 5.74) is 2.90. The van der Waals surface area contributed by atoms with Crippen molar-refractivity contribution < 1.29 is 13.2 Å². The minimum Gasteiger partial charge on any atom is -0.325 e. The molecule has 0 aliphatic heterocycles. The summed E-state index contributed by atoms with van der Waals surface area (Å²) in [6.45, 7) is 6.42. The van der Waals surface area contributed by atoms with Crippen LogP contribution in [0.25, 0.3) is 11.0 Å². The molecular weight excluding hydrogens is 444 g/mol. The number of sulfonamides is 1. The number of thioether (sulfide) groups is 1. The number of nitrogens with zero attached hydrogens (tertiary/aromatic N) is 2. The number of aromatic nitrogens is 2. The Hall–Kier alpha value is -2.07. The average Bonchev–Trinajstić information content (AvgIpc) is 3.00. The van der Waals surface area contributed by atoms with Gasteiger partial charge < -0.3 is 9.88 Å². The van der Waals surface area contributed by atoms with Crippen LogP contribution in [-0.2, 0) is 21.4 Å². The van der Waals surface area contributed by atoms with Crippen molar-refractivity contribution in [1.29, 1.82) is 0 Å². The lowest BCUT2D eigenvalue weighted by atomic mass is 10.2. The second-order valence-electron chi connectivity index (χ2n) is 6.95. The number of carbonyl (C=O) groups excluding carboxylic acids is 1. The molecule has 2 aromatic carbocycles. The number of nitrogens with one attached hydrogen (secondary N) is 1. The van der Waals surface area contributed by atoms with Gasteiger partial charge in [-0.2, -0.15) is 0 Å². The molecule has 1 aromatic heterocycles. The molecular formula is C20H23ClN4O3S2. The van der Waals surface area contributed by atoms with Gasteiger partial charge in [0.25, 0.3) is 0 Å².